The molecule has 0 fully saturated rings. The van der Waals surface area contributed by atoms with Crippen LogP contribution in [-0.4, -0.2) is 30.9 Å². The lowest BCUT2D eigenvalue weighted by Crippen LogP contribution is -2.37. The fourth-order valence-electron chi connectivity index (χ4n) is 1.41. The Balaban J connectivity index is 0.00000361. The Morgan fingerprint density at radius 2 is 2.10 bits per heavy atom. The molecular weight excluding hydrogens is 295 g/mol. The maximum atomic E-state index is 12.8. The third kappa shape index (κ3) is 5.23. The first-order chi connectivity index (χ1) is 8.88. The molecule has 1 rings (SSSR count). The molecule has 0 radical (unpaired) electrons. The second-order valence-electron chi connectivity index (χ2n) is 3.96. The molecule has 4 nitrogen and oxygen atoms in total. The highest BCUT2D eigenvalue weighted by Crippen LogP contribution is 2.28. The van der Waals surface area contributed by atoms with Crippen molar-refractivity contribution in [3.8, 4) is 11.9 Å². The van der Waals surface area contributed by atoms with Gasteiger partial charge in [0.15, 0.2) is 6.10 Å². The molecule has 1 unspecified atom stereocenters. The van der Waals surface area contributed by atoms with Crippen molar-refractivity contribution in [1.29, 1.82) is 5.26 Å². The van der Waals surface area contributed by atoms with Crippen molar-refractivity contribution < 1.29 is 17.9 Å². The van der Waals surface area contributed by atoms with E-state index in [4.69, 9.17) is 10.00 Å². The van der Waals surface area contributed by atoms with E-state index in [1.165, 1.54) is 6.07 Å². The summed E-state index contributed by atoms with van der Waals surface area (Å²) in [4.78, 5) is 3.84. The minimum Gasteiger partial charge on any atom is -0.464 e. The minimum absolute atomic E-state index is 0. The Morgan fingerprint density at radius 3 is 2.60 bits per heavy atom. The maximum absolute atomic E-state index is 12.8. The highest BCUT2D eigenvalue weighted by molar-refractivity contribution is 5.85. The molecule has 8 heteroatoms. The fraction of sp³-hybridized carbons (Fsp3) is 0.500. The smallest absolute Gasteiger partial charge is 0.425 e. The summed E-state index contributed by atoms with van der Waals surface area (Å²) in [5, 5.41) is 11.5. The van der Waals surface area contributed by atoms with Crippen LogP contribution in [0.3, 0.4) is 0 Å². The van der Waals surface area contributed by atoms with E-state index in [1.54, 1.807) is 26.1 Å². The van der Waals surface area contributed by atoms with E-state index in [9.17, 15) is 13.2 Å². The standard InChI is InChI=1S/C12H14F3N3O.ClH/c1-8-3-4-9(7-16)11(18-8)19-10(5-6-17-2)12(13,14)15;/h3-4,10,17H,5-6H2,1-2H3;1H. The number of aromatic nitrogens is 1. The zero-order valence-corrected chi connectivity index (χ0v) is 11.8. The van der Waals surface area contributed by atoms with Gasteiger partial charge in [-0.05, 0) is 32.6 Å². The lowest BCUT2D eigenvalue weighted by molar-refractivity contribution is -0.197. The number of nitrogens with one attached hydrogen (secondary N) is 1. The van der Waals surface area contributed by atoms with Crippen molar-refractivity contribution in [2.24, 2.45) is 0 Å². The molecule has 0 saturated carbocycles. The molecule has 0 aromatic carbocycles. The Kier molecular flexibility index (Phi) is 7.32. The number of aryl methyl sites for hydroxylation is 1. The molecule has 0 aliphatic heterocycles. The van der Waals surface area contributed by atoms with Crippen LogP contribution in [0.2, 0.25) is 0 Å². The van der Waals surface area contributed by atoms with Crippen LogP contribution >= 0.6 is 12.4 Å². The molecule has 0 saturated heterocycles. The molecule has 1 heterocycles. The van der Waals surface area contributed by atoms with E-state index >= 15 is 0 Å². The van der Waals surface area contributed by atoms with Gasteiger partial charge >= 0.3 is 6.18 Å². The number of hydrogen-bond donors (Lipinski definition) is 1. The van der Waals surface area contributed by atoms with Crippen LogP contribution in [0.4, 0.5) is 13.2 Å². The van der Waals surface area contributed by atoms with Gasteiger partial charge in [0.2, 0.25) is 5.88 Å². The summed E-state index contributed by atoms with van der Waals surface area (Å²) in [6.45, 7) is 1.77. The van der Waals surface area contributed by atoms with Crippen molar-refractivity contribution in [1.82, 2.24) is 10.3 Å². The monoisotopic (exact) mass is 309 g/mol. The predicted molar refractivity (Wildman–Crippen MR) is 70.0 cm³/mol. The summed E-state index contributed by atoms with van der Waals surface area (Å²) < 4.78 is 43.3. The van der Waals surface area contributed by atoms with E-state index in [0.717, 1.165) is 0 Å². The molecule has 1 atom stereocenters. The van der Waals surface area contributed by atoms with Gasteiger partial charge in [0.05, 0.1) is 0 Å². The van der Waals surface area contributed by atoms with Gasteiger partial charge < -0.3 is 10.1 Å². The molecule has 0 amide bonds. The van der Waals surface area contributed by atoms with E-state index in [2.05, 4.69) is 10.3 Å². The van der Waals surface area contributed by atoms with Crippen molar-refractivity contribution >= 4 is 12.4 Å². The second kappa shape index (κ2) is 7.92. The van der Waals surface area contributed by atoms with Gasteiger partial charge in [0.25, 0.3) is 0 Å². The van der Waals surface area contributed by atoms with Gasteiger partial charge in [0, 0.05) is 12.1 Å². The Hall–Kier alpha value is -1.52. The number of halogens is 4. The van der Waals surface area contributed by atoms with E-state index in [0.29, 0.717) is 5.69 Å². The van der Waals surface area contributed by atoms with Gasteiger partial charge in [0.1, 0.15) is 11.6 Å². The maximum Gasteiger partial charge on any atom is 0.425 e. The highest BCUT2D eigenvalue weighted by atomic mass is 35.5. The average Bonchev–Trinajstić information content (AvgIpc) is 2.33. The number of alkyl halides is 3. The number of nitriles is 1. The minimum atomic E-state index is -4.50. The van der Waals surface area contributed by atoms with Crippen LogP contribution < -0.4 is 10.1 Å². The van der Waals surface area contributed by atoms with E-state index in [-0.39, 0.29) is 36.8 Å². The molecule has 1 aromatic rings. The third-order valence-corrected chi connectivity index (χ3v) is 2.40. The lowest BCUT2D eigenvalue weighted by Gasteiger charge is -2.21. The van der Waals surface area contributed by atoms with Crippen molar-refractivity contribution in [2.75, 3.05) is 13.6 Å². The largest absolute Gasteiger partial charge is 0.464 e. The summed E-state index contributed by atoms with van der Waals surface area (Å²) in [5.41, 5.74) is 0.479. The number of rotatable bonds is 5. The summed E-state index contributed by atoms with van der Waals surface area (Å²) >= 11 is 0. The van der Waals surface area contributed by atoms with Crippen LogP contribution in [0.25, 0.3) is 0 Å². The summed E-state index contributed by atoms with van der Waals surface area (Å²) in [6, 6.07) is 4.70. The summed E-state index contributed by atoms with van der Waals surface area (Å²) in [7, 11) is 1.55. The molecule has 0 aliphatic carbocycles. The van der Waals surface area contributed by atoms with Crippen LogP contribution in [0.5, 0.6) is 5.88 Å². The first-order valence-corrected chi connectivity index (χ1v) is 5.64. The number of hydrogen-bond acceptors (Lipinski definition) is 4. The number of ether oxygens (including phenoxy) is 1. The van der Waals surface area contributed by atoms with Crippen molar-refractivity contribution in [2.45, 2.75) is 25.6 Å². The third-order valence-electron chi connectivity index (χ3n) is 2.40. The fourth-order valence-corrected chi connectivity index (χ4v) is 1.41. The lowest BCUT2D eigenvalue weighted by atomic mass is 10.2. The molecule has 20 heavy (non-hydrogen) atoms. The van der Waals surface area contributed by atoms with E-state index < -0.39 is 12.3 Å². The SMILES string of the molecule is CNCCC(Oc1nc(C)ccc1C#N)C(F)(F)F.Cl. The van der Waals surface area contributed by atoms with Gasteiger partial charge in [-0.1, -0.05) is 0 Å². The molecule has 1 N–H and O–H groups in total. The van der Waals surface area contributed by atoms with Crippen LogP contribution in [-0.2, 0) is 0 Å². The van der Waals surface area contributed by atoms with Crippen molar-refractivity contribution in [3.63, 3.8) is 0 Å². The molecule has 0 aliphatic rings. The van der Waals surface area contributed by atoms with E-state index in [1.807, 2.05) is 0 Å². The zero-order chi connectivity index (χ0) is 14.5. The van der Waals surface area contributed by atoms with Crippen LogP contribution in [0.1, 0.15) is 17.7 Å². The Labute approximate surface area is 121 Å². The quantitative estimate of drug-likeness (QED) is 0.908. The molecular formula is C12H15ClF3N3O. The first kappa shape index (κ1) is 18.5. The van der Waals surface area contributed by atoms with Crippen LogP contribution in [0.15, 0.2) is 12.1 Å². The average molecular weight is 310 g/mol. The topological polar surface area (TPSA) is 57.9 Å². The normalized spacial score (nSPS) is 12.2. The highest BCUT2D eigenvalue weighted by Gasteiger charge is 2.41. The Morgan fingerprint density at radius 1 is 1.45 bits per heavy atom. The number of pyridine rings is 1. The van der Waals surface area contributed by atoms with Gasteiger partial charge in [-0.3, -0.25) is 0 Å². The molecule has 1 aromatic heterocycles. The molecule has 0 spiro atoms. The van der Waals surface area contributed by atoms with Gasteiger partial charge in [-0.15, -0.1) is 12.4 Å². The van der Waals surface area contributed by atoms with Crippen molar-refractivity contribution in [3.05, 3.63) is 23.4 Å². The molecule has 112 valence electrons. The summed E-state index contributed by atoms with van der Waals surface area (Å²) in [5.74, 6) is -0.277. The summed E-state index contributed by atoms with van der Waals surface area (Å²) in [6.07, 6.45) is -6.74. The zero-order valence-electron chi connectivity index (χ0n) is 11.0. The van der Waals surface area contributed by atoms with Crippen LogP contribution in [0, 0.1) is 18.3 Å². The van der Waals surface area contributed by atoms with Gasteiger partial charge in [-0.2, -0.15) is 18.4 Å². The number of nitrogens with zero attached hydrogens (tertiary/aromatic N) is 2. The van der Waals surface area contributed by atoms with Gasteiger partial charge in [-0.25, -0.2) is 4.98 Å². The predicted octanol–water partition coefficient (Wildman–Crippen LogP) is 2.60. The second-order valence-corrected chi connectivity index (χ2v) is 3.96. The first-order valence-electron chi connectivity index (χ1n) is 5.64. The Bertz CT molecular complexity index is 474. The molecule has 0 bridgehead atoms.